The summed E-state index contributed by atoms with van der Waals surface area (Å²) in [6.07, 6.45) is 4.14. The molecule has 1 saturated heterocycles. The van der Waals surface area contributed by atoms with Gasteiger partial charge in [0.05, 0.1) is 5.41 Å². The van der Waals surface area contributed by atoms with Crippen molar-refractivity contribution in [3.8, 4) is 0 Å². The molecule has 1 fully saturated rings. The number of likely N-dealkylation sites (tertiary alicyclic amines) is 1. The molecule has 1 amide bonds. The Balaban J connectivity index is 2.06. The van der Waals surface area contributed by atoms with Gasteiger partial charge in [0, 0.05) is 24.8 Å². The Morgan fingerprint density at radius 1 is 1.43 bits per heavy atom. The van der Waals surface area contributed by atoms with E-state index in [0.29, 0.717) is 42.5 Å². The number of hydrogen-bond donors (Lipinski definition) is 1. The van der Waals surface area contributed by atoms with Crippen LogP contribution in [0.25, 0.3) is 0 Å². The molecule has 0 radical (unpaired) electrons. The van der Waals surface area contributed by atoms with Crippen molar-refractivity contribution in [2.24, 2.45) is 5.41 Å². The number of hydrogen-bond acceptors (Lipinski definition) is 3. The first-order chi connectivity index (χ1) is 9.98. The quantitative estimate of drug-likeness (QED) is 0.843. The fraction of sp³-hybridized carbons (Fsp3) is 0.533. The summed E-state index contributed by atoms with van der Waals surface area (Å²) in [7, 11) is 0. The van der Waals surface area contributed by atoms with E-state index in [1.165, 1.54) is 0 Å². The van der Waals surface area contributed by atoms with Crippen LogP contribution < -0.4 is 0 Å². The summed E-state index contributed by atoms with van der Waals surface area (Å²) in [4.78, 5) is 29.7. The minimum absolute atomic E-state index is 0.0615. The number of piperidine rings is 1. The number of rotatable bonds is 4. The number of carboxylic acids is 1. The number of carbonyl (C=O) groups excluding carboxylic acids is 1. The molecular formula is C15H19BrN2O3. The van der Waals surface area contributed by atoms with Crippen molar-refractivity contribution in [2.45, 2.75) is 32.6 Å². The summed E-state index contributed by atoms with van der Waals surface area (Å²) in [5.41, 5.74) is -0.0835. The molecule has 114 valence electrons. The third-order valence-electron chi connectivity index (χ3n) is 4.16. The fourth-order valence-electron chi connectivity index (χ4n) is 2.91. The van der Waals surface area contributed by atoms with Crippen LogP contribution in [0.4, 0.5) is 0 Å². The highest BCUT2D eigenvalue weighted by molar-refractivity contribution is 9.10. The third kappa shape index (κ3) is 3.43. The molecule has 0 bridgehead atoms. The van der Waals surface area contributed by atoms with Gasteiger partial charge < -0.3 is 10.0 Å². The van der Waals surface area contributed by atoms with Crippen molar-refractivity contribution in [3.05, 3.63) is 28.5 Å². The van der Waals surface area contributed by atoms with Crippen molar-refractivity contribution < 1.29 is 14.7 Å². The zero-order valence-corrected chi connectivity index (χ0v) is 13.6. The number of carboxylic acid groups (broad SMARTS) is 1. The minimum atomic E-state index is -0.733. The monoisotopic (exact) mass is 354 g/mol. The maximum atomic E-state index is 12.4. The normalized spacial score (nSPS) is 17.5. The molecule has 0 saturated carbocycles. The Kier molecular flexibility index (Phi) is 4.98. The van der Waals surface area contributed by atoms with Crippen LogP contribution in [0.1, 0.15) is 43.0 Å². The lowest BCUT2D eigenvalue weighted by molar-refractivity contribution is -0.152. The lowest BCUT2D eigenvalue weighted by atomic mass is 9.75. The summed E-state index contributed by atoms with van der Waals surface area (Å²) in [5.74, 6) is -0.795. The molecule has 1 aliphatic rings. The molecule has 5 nitrogen and oxygen atoms in total. The smallest absolute Gasteiger partial charge is 0.309 e. The molecule has 0 atom stereocenters. The fourth-order valence-corrected chi connectivity index (χ4v) is 3.27. The van der Waals surface area contributed by atoms with Gasteiger partial charge in [0.25, 0.3) is 5.91 Å². The topological polar surface area (TPSA) is 70.5 Å². The Hall–Kier alpha value is -1.43. The van der Waals surface area contributed by atoms with E-state index in [9.17, 15) is 14.7 Å². The number of aliphatic carboxylic acids is 1. The Morgan fingerprint density at radius 3 is 2.62 bits per heavy atom. The van der Waals surface area contributed by atoms with Gasteiger partial charge in [0.15, 0.2) is 0 Å². The van der Waals surface area contributed by atoms with E-state index in [0.717, 1.165) is 6.42 Å². The highest BCUT2D eigenvalue weighted by Crippen LogP contribution is 2.36. The molecule has 0 unspecified atom stereocenters. The SMILES string of the molecule is CCCC1(C(=O)O)CCN(C(=O)c2ccnc(Br)c2)CC1. The number of amides is 1. The van der Waals surface area contributed by atoms with E-state index in [1.807, 2.05) is 6.92 Å². The molecular weight excluding hydrogens is 336 g/mol. The molecule has 21 heavy (non-hydrogen) atoms. The molecule has 6 heteroatoms. The molecule has 0 aromatic carbocycles. The van der Waals surface area contributed by atoms with Crippen LogP contribution in [-0.4, -0.2) is 40.0 Å². The average molecular weight is 355 g/mol. The zero-order valence-electron chi connectivity index (χ0n) is 12.0. The lowest BCUT2D eigenvalue weighted by Crippen LogP contribution is -2.46. The maximum Gasteiger partial charge on any atom is 0.309 e. The average Bonchev–Trinajstić information content (AvgIpc) is 2.47. The van der Waals surface area contributed by atoms with Crippen molar-refractivity contribution in [3.63, 3.8) is 0 Å². The molecule has 2 rings (SSSR count). The highest BCUT2D eigenvalue weighted by Gasteiger charge is 2.41. The third-order valence-corrected chi connectivity index (χ3v) is 4.60. The van der Waals surface area contributed by atoms with E-state index in [1.54, 1.807) is 23.2 Å². The second-order valence-electron chi connectivity index (χ2n) is 5.49. The number of aromatic nitrogens is 1. The van der Waals surface area contributed by atoms with Gasteiger partial charge in [-0.1, -0.05) is 13.3 Å². The first-order valence-corrected chi connectivity index (χ1v) is 7.92. The van der Waals surface area contributed by atoms with E-state index in [2.05, 4.69) is 20.9 Å². The van der Waals surface area contributed by atoms with Crippen LogP contribution in [-0.2, 0) is 4.79 Å². The van der Waals surface area contributed by atoms with Gasteiger partial charge in [-0.2, -0.15) is 0 Å². The van der Waals surface area contributed by atoms with Crippen LogP contribution in [0.2, 0.25) is 0 Å². The van der Waals surface area contributed by atoms with Gasteiger partial charge >= 0.3 is 5.97 Å². The van der Waals surface area contributed by atoms with Gasteiger partial charge in [0.1, 0.15) is 4.60 Å². The Labute approximate surface area is 132 Å². The van der Waals surface area contributed by atoms with E-state index < -0.39 is 11.4 Å². The lowest BCUT2D eigenvalue weighted by Gasteiger charge is -2.38. The summed E-state index contributed by atoms with van der Waals surface area (Å²) < 4.78 is 0.622. The van der Waals surface area contributed by atoms with E-state index in [4.69, 9.17) is 0 Å². The van der Waals surface area contributed by atoms with Crippen LogP contribution in [0.15, 0.2) is 22.9 Å². The van der Waals surface area contributed by atoms with Gasteiger partial charge in [-0.05, 0) is 47.3 Å². The summed E-state index contributed by atoms with van der Waals surface area (Å²) in [6, 6.07) is 3.37. The number of nitrogens with zero attached hydrogens (tertiary/aromatic N) is 2. The molecule has 1 aliphatic heterocycles. The van der Waals surface area contributed by atoms with Gasteiger partial charge in [0.2, 0.25) is 0 Å². The second kappa shape index (κ2) is 6.56. The molecule has 0 spiro atoms. The van der Waals surface area contributed by atoms with Crippen LogP contribution in [0.5, 0.6) is 0 Å². The maximum absolute atomic E-state index is 12.4. The standard InChI is InChI=1S/C15H19BrN2O3/c1-2-4-15(14(20)21)5-8-18(9-6-15)13(19)11-3-7-17-12(16)10-11/h3,7,10H,2,4-6,8-9H2,1H3,(H,20,21). The van der Waals surface area contributed by atoms with Crippen LogP contribution >= 0.6 is 15.9 Å². The van der Waals surface area contributed by atoms with Crippen molar-refractivity contribution in [1.29, 1.82) is 0 Å². The first-order valence-electron chi connectivity index (χ1n) is 7.13. The molecule has 1 N–H and O–H groups in total. The first kappa shape index (κ1) is 15.9. The van der Waals surface area contributed by atoms with Crippen molar-refractivity contribution in [2.75, 3.05) is 13.1 Å². The number of halogens is 1. The van der Waals surface area contributed by atoms with Crippen molar-refractivity contribution in [1.82, 2.24) is 9.88 Å². The van der Waals surface area contributed by atoms with Crippen LogP contribution in [0, 0.1) is 5.41 Å². The summed E-state index contributed by atoms with van der Waals surface area (Å²) in [5, 5.41) is 9.48. The van der Waals surface area contributed by atoms with Gasteiger partial charge in [-0.15, -0.1) is 0 Å². The largest absolute Gasteiger partial charge is 0.481 e. The highest BCUT2D eigenvalue weighted by atomic mass is 79.9. The van der Waals surface area contributed by atoms with E-state index in [-0.39, 0.29) is 5.91 Å². The molecule has 1 aromatic rings. The Morgan fingerprint density at radius 2 is 2.10 bits per heavy atom. The zero-order chi connectivity index (χ0) is 15.5. The molecule has 0 aliphatic carbocycles. The molecule has 2 heterocycles. The van der Waals surface area contributed by atoms with Crippen LogP contribution in [0.3, 0.4) is 0 Å². The van der Waals surface area contributed by atoms with Gasteiger partial charge in [-0.3, -0.25) is 9.59 Å². The predicted octanol–water partition coefficient (Wildman–Crippen LogP) is 2.95. The Bertz CT molecular complexity index is 539. The van der Waals surface area contributed by atoms with Crippen molar-refractivity contribution >= 4 is 27.8 Å². The second-order valence-corrected chi connectivity index (χ2v) is 6.31. The number of pyridine rings is 1. The van der Waals surface area contributed by atoms with E-state index >= 15 is 0 Å². The summed E-state index contributed by atoms with van der Waals surface area (Å²) in [6.45, 7) is 2.98. The molecule has 1 aromatic heterocycles. The summed E-state index contributed by atoms with van der Waals surface area (Å²) >= 11 is 3.25. The van der Waals surface area contributed by atoms with Gasteiger partial charge in [-0.25, -0.2) is 4.98 Å². The minimum Gasteiger partial charge on any atom is -0.481 e. The number of carbonyl (C=O) groups is 2. The predicted molar refractivity (Wildman–Crippen MR) is 82.1 cm³/mol.